The van der Waals surface area contributed by atoms with Crippen molar-refractivity contribution < 1.29 is 19.4 Å². The van der Waals surface area contributed by atoms with E-state index >= 15 is 0 Å². The van der Waals surface area contributed by atoms with Crippen molar-refractivity contribution in [1.82, 2.24) is 9.80 Å². The smallest absolute Gasteiger partial charge is 0.224 e. The van der Waals surface area contributed by atoms with E-state index in [-0.39, 0.29) is 18.1 Å². The van der Waals surface area contributed by atoms with Gasteiger partial charge in [-0.25, -0.2) is 0 Å². The van der Waals surface area contributed by atoms with E-state index in [0.29, 0.717) is 52.2 Å². The molecule has 0 bridgehead atoms. The number of carbonyl (C=O) groups is 1. The first-order chi connectivity index (χ1) is 11.7. The summed E-state index contributed by atoms with van der Waals surface area (Å²) < 4.78 is 10.6. The van der Waals surface area contributed by atoms with Gasteiger partial charge in [-0.3, -0.25) is 9.69 Å². The maximum atomic E-state index is 12.3. The second-order valence-electron chi connectivity index (χ2n) is 6.42. The van der Waals surface area contributed by atoms with Gasteiger partial charge in [0.1, 0.15) is 5.75 Å². The van der Waals surface area contributed by atoms with Gasteiger partial charge in [-0.15, -0.1) is 0 Å². The van der Waals surface area contributed by atoms with E-state index in [0.717, 1.165) is 11.3 Å². The zero-order valence-electron chi connectivity index (χ0n) is 14.2. The molecule has 2 aliphatic heterocycles. The van der Waals surface area contributed by atoms with Gasteiger partial charge in [-0.05, 0) is 24.1 Å². The number of amides is 1. The van der Waals surface area contributed by atoms with Gasteiger partial charge >= 0.3 is 0 Å². The van der Waals surface area contributed by atoms with Crippen LogP contribution in [0.1, 0.15) is 24.4 Å². The molecule has 2 atom stereocenters. The van der Waals surface area contributed by atoms with Crippen molar-refractivity contribution in [3.63, 3.8) is 0 Å². The molecule has 0 spiro atoms. The van der Waals surface area contributed by atoms with Gasteiger partial charge in [0.25, 0.3) is 0 Å². The highest BCUT2D eigenvalue weighted by molar-refractivity contribution is 5.76. The average Bonchev–Trinajstić information content (AvgIpc) is 3.01. The minimum absolute atomic E-state index is 0.132. The fourth-order valence-electron chi connectivity index (χ4n) is 3.53. The number of benzene rings is 1. The second-order valence-corrected chi connectivity index (χ2v) is 6.42. The van der Waals surface area contributed by atoms with Gasteiger partial charge in [0, 0.05) is 38.6 Å². The van der Waals surface area contributed by atoms with Crippen molar-refractivity contribution in [3.05, 3.63) is 29.8 Å². The Labute approximate surface area is 143 Å². The summed E-state index contributed by atoms with van der Waals surface area (Å²) in [5.41, 5.74) is 1.13. The summed E-state index contributed by atoms with van der Waals surface area (Å²) >= 11 is 0. The second kappa shape index (κ2) is 7.96. The number of carbonyl (C=O) groups excluding carboxylic acids is 1. The molecule has 0 aliphatic carbocycles. The van der Waals surface area contributed by atoms with E-state index in [4.69, 9.17) is 9.47 Å². The van der Waals surface area contributed by atoms with Gasteiger partial charge in [-0.1, -0.05) is 12.1 Å². The molecule has 6 nitrogen and oxygen atoms in total. The molecule has 1 aromatic rings. The number of aliphatic hydroxyl groups excluding tert-OH is 1. The van der Waals surface area contributed by atoms with E-state index in [1.165, 1.54) is 0 Å². The molecule has 1 aromatic carbocycles. The lowest BCUT2D eigenvalue weighted by Crippen LogP contribution is -2.42. The third kappa shape index (κ3) is 4.06. The van der Waals surface area contributed by atoms with Crippen LogP contribution in [-0.4, -0.2) is 73.4 Å². The summed E-state index contributed by atoms with van der Waals surface area (Å²) in [6, 6.07) is 8.09. The number of hydrogen-bond acceptors (Lipinski definition) is 5. The zero-order valence-corrected chi connectivity index (χ0v) is 14.2. The number of ether oxygens (including phenoxy) is 2. The number of nitrogens with zero attached hydrogens (tertiary/aromatic N) is 2. The van der Waals surface area contributed by atoms with Crippen LogP contribution in [0.25, 0.3) is 0 Å². The van der Waals surface area contributed by atoms with Crippen molar-refractivity contribution in [2.24, 2.45) is 0 Å². The molecule has 0 saturated carbocycles. The molecule has 0 unspecified atom stereocenters. The summed E-state index contributed by atoms with van der Waals surface area (Å²) in [5.74, 6) is 0.988. The highest BCUT2D eigenvalue weighted by Crippen LogP contribution is 2.33. The molecule has 2 saturated heterocycles. The first kappa shape index (κ1) is 17.2. The van der Waals surface area contributed by atoms with E-state index in [1.807, 2.05) is 23.1 Å². The summed E-state index contributed by atoms with van der Waals surface area (Å²) in [6.07, 6.45) is 0.825. The van der Waals surface area contributed by atoms with Gasteiger partial charge in [0.05, 0.1) is 26.4 Å². The Morgan fingerprint density at radius 3 is 2.92 bits per heavy atom. The minimum atomic E-state index is -0.348. The molecule has 1 N–H and O–H groups in total. The normalized spacial score (nSPS) is 25.0. The maximum absolute atomic E-state index is 12.3. The van der Waals surface area contributed by atoms with Crippen molar-refractivity contribution >= 4 is 5.91 Å². The SMILES string of the molecule is COc1cccc([C@@H]2C[C@H](O)CN2CCC(=O)N2CCOCC2)c1. The molecule has 1 amide bonds. The van der Waals surface area contributed by atoms with Crippen LogP contribution in [0, 0.1) is 0 Å². The lowest BCUT2D eigenvalue weighted by atomic mass is 10.0. The first-order valence-corrected chi connectivity index (χ1v) is 8.59. The minimum Gasteiger partial charge on any atom is -0.497 e. The topological polar surface area (TPSA) is 62.2 Å². The standard InChI is InChI=1S/C18H26N2O4/c1-23-16-4-2-3-14(11-16)17-12-15(21)13-20(17)6-5-18(22)19-7-9-24-10-8-19/h2-4,11,15,17,21H,5-10,12-13H2,1H3/t15-,17-/m0/s1. The highest BCUT2D eigenvalue weighted by atomic mass is 16.5. The highest BCUT2D eigenvalue weighted by Gasteiger charge is 2.32. The third-order valence-corrected chi connectivity index (χ3v) is 4.84. The number of morpholine rings is 1. The Balaban J connectivity index is 1.61. The molecule has 0 aromatic heterocycles. The van der Waals surface area contributed by atoms with Gasteiger partial charge < -0.3 is 19.5 Å². The van der Waals surface area contributed by atoms with Crippen LogP contribution in [0.4, 0.5) is 0 Å². The molecule has 24 heavy (non-hydrogen) atoms. The lowest BCUT2D eigenvalue weighted by molar-refractivity contribution is -0.135. The Bertz CT molecular complexity index is 560. The number of methoxy groups -OCH3 is 1. The lowest BCUT2D eigenvalue weighted by Gasteiger charge is -2.29. The van der Waals surface area contributed by atoms with Crippen molar-refractivity contribution in [2.45, 2.75) is 25.0 Å². The largest absolute Gasteiger partial charge is 0.497 e. The van der Waals surface area contributed by atoms with E-state index in [9.17, 15) is 9.90 Å². The van der Waals surface area contributed by atoms with Crippen molar-refractivity contribution in [1.29, 1.82) is 0 Å². The van der Waals surface area contributed by atoms with Gasteiger partial charge in [0.15, 0.2) is 0 Å². The van der Waals surface area contributed by atoms with Crippen LogP contribution in [0.5, 0.6) is 5.75 Å². The number of hydrogen-bond donors (Lipinski definition) is 1. The molecule has 6 heteroatoms. The summed E-state index contributed by atoms with van der Waals surface area (Å²) in [7, 11) is 1.65. The molecule has 2 aliphatic rings. The number of likely N-dealkylation sites (tertiary alicyclic amines) is 1. The molecule has 2 fully saturated rings. The Kier molecular flexibility index (Phi) is 5.71. The average molecular weight is 334 g/mol. The van der Waals surface area contributed by atoms with Gasteiger partial charge in [-0.2, -0.15) is 0 Å². The van der Waals surface area contributed by atoms with Crippen LogP contribution in [0.3, 0.4) is 0 Å². The van der Waals surface area contributed by atoms with Crippen LogP contribution < -0.4 is 4.74 Å². The fourth-order valence-corrected chi connectivity index (χ4v) is 3.53. The van der Waals surface area contributed by atoms with E-state index in [2.05, 4.69) is 11.0 Å². The predicted octanol–water partition coefficient (Wildman–Crippen LogP) is 1.05. The van der Waals surface area contributed by atoms with Gasteiger partial charge in [0.2, 0.25) is 5.91 Å². The molecular weight excluding hydrogens is 308 g/mol. The Morgan fingerprint density at radius 1 is 1.38 bits per heavy atom. The molecule has 2 heterocycles. The number of β-amino-alcohol motifs (C(OH)–C–C–N with tert-alkyl or cyclic N) is 1. The van der Waals surface area contributed by atoms with Crippen LogP contribution in [0.2, 0.25) is 0 Å². The Morgan fingerprint density at radius 2 is 2.17 bits per heavy atom. The predicted molar refractivity (Wildman–Crippen MR) is 89.9 cm³/mol. The van der Waals surface area contributed by atoms with Crippen molar-refractivity contribution in [2.75, 3.05) is 46.5 Å². The maximum Gasteiger partial charge on any atom is 0.224 e. The number of rotatable bonds is 5. The number of aliphatic hydroxyl groups is 1. The Hall–Kier alpha value is -1.63. The molecule has 3 rings (SSSR count). The van der Waals surface area contributed by atoms with Crippen LogP contribution in [-0.2, 0) is 9.53 Å². The quantitative estimate of drug-likeness (QED) is 0.872. The molecule has 0 radical (unpaired) electrons. The van der Waals surface area contributed by atoms with Crippen molar-refractivity contribution in [3.8, 4) is 5.75 Å². The van der Waals surface area contributed by atoms with Crippen LogP contribution >= 0.6 is 0 Å². The summed E-state index contributed by atoms with van der Waals surface area (Å²) in [6.45, 7) is 3.89. The first-order valence-electron chi connectivity index (χ1n) is 8.59. The summed E-state index contributed by atoms with van der Waals surface area (Å²) in [4.78, 5) is 16.4. The fraction of sp³-hybridized carbons (Fsp3) is 0.611. The summed E-state index contributed by atoms with van der Waals surface area (Å²) in [5, 5.41) is 10.1. The molecular formula is C18H26N2O4. The van der Waals surface area contributed by atoms with E-state index in [1.54, 1.807) is 7.11 Å². The monoisotopic (exact) mass is 334 g/mol. The molecule has 132 valence electrons. The van der Waals surface area contributed by atoms with Crippen LogP contribution in [0.15, 0.2) is 24.3 Å². The van der Waals surface area contributed by atoms with E-state index < -0.39 is 0 Å². The third-order valence-electron chi connectivity index (χ3n) is 4.84. The zero-order chi connectivity index (χ0) is 16.9.